The third-order valence-corrected chi connectivity index (χ3v) is 4.42. The first-order valence-corrected chi connectivity index (χ1v) is 9.38. The Morgan fingerprint density at radius 3 is 2.26 bits per heavy atom. The van der Waals surface area contributed by atoms with E-state index in [-0.39, 0.29) is 5.91 Å². The summed E-state index contributed by atoms with van der Waals surface area (Å²) >= 11 is 5.88. The van der Waals surface area contributed by atoms with E-state index >= 15 is 0 Å². The first kappa shape index (κ1) is 19.0. The average molecular weight is 380 g/mol. The number of rotatable bonds is 8. The number of hydrogen-bond donors (Lipinski definition) is 1. The molecule has 0 unspecified atom stereocenters. The largest absolute Gasteiger partial charge is 0.489 e. The molecule has 0 atom stereocenters. The number of nitrogens with one attached hydrogen (secondary N) is 1. The van der Waals surface area contributed by atoms with Crippen LogP contribution < -0.4 is 10.1 Å². The topological polar surface area (TPSA) is 38.3 Å². The van der Waals surface area contributed by atoms with Crippen molar-refractivity contribution in [3.63, 3.8) is 0 Å². The van der Waals surface area contributed by atoms with E-state index in [1.165, 1.54) is 5.56 Å². The van der Waals surface area contributed by atoms with Crippen molar-refractivity contribution in [1.82, 2.24) is 0 Å². The number of aryl methyl sites for hydroxylation is 1. The zero-order valence-electron chi connectivity index (χ0n) is 15.0. The highest BCUT2D eigenvalue weighted by Gasteiger charge is 2.04. The molecule has 0 bridgehead atoms. The fraction of sp³-hybridized carbons (Fsp3) is 0.174. The second-order valence-corrected chi connectivity index (χ2v) is 6.76. The number of benzene rings is 3. The van der Waals surface area contributed by atoms with Crippen molar-refractivity contribution in [2.75, 3.05) is 5.32 Å². The van der Waals surface area contributed by atoms with Gasteiger partial charge in [-0.1, -0.05) is 54.1 Å². The molecule has 3 aromatic carbocycles. The van der Waals surface area contributed by atoms with Gasteiger partial charge >= 0.3 is 0 Å². The predicted octanol–water partition coefficient (Wildman–Crippen LogP) is 5.88. The summed E-state index contributed by atoms with van der Waals surface area (Å²) < 4.78 is 5.75. The molecule has 0 aromatic heterocycles. The molecule has 138 valence electrons. The minimum atomic E-state index is 0.0157. The molecule has 1 amide bonds. The van der Waals surface area contributed by atoms with Crippen LogP contribution in [0.25, 0.3) is 0 Å². The van der Waals surface area contributed by atoms with Gasteiger partial charge in [0.1, 0.15) is 12.4 Å². The molecular weight excluding hydrogens is 358 g/mol. The molecule has 0 heterocycles. The molecule has 27 heavy (non-hydrogen) atoms. The molecule has 0 saturated heterocycles. The van der Waals surface area contributed by atoms with Crippen molar-refractivity contribution in [1.29, 1.82) is 0 Å². The van der Waals surface area contributed by atoms with E-state index < -0.39 is 0 Å². The van der Waals surface area contributed by atoms with E-state index in [4.69, 9.17) is 16.3 Å². The summed E-state index contributed by atoms with van der Waals surface area (Å²) in [5, 5.41) is 3.65. The fourth-order valence-electron chi connectivity index (χ4n) is 2.70. The number of amides is 1. The van der Waals surface area contributed by atoms with Crippen LogP contribution in [0.3, 0.4) is 0 Å². The van der Waals surface area contributed by atoms with Crippen molar-refractivity contribution in [3.8, 4) is 5.75 Å². The highest BCUT2D eigenvalue weighted by atomic mass is 35.5. The van der Waals surface area contributed by atoms with E-state index in [2.05, 4.69) is 5.32 Å². The van der Waals surface area contributed by atoms with Gasteiger partial charge in [0.25, 0.3) is 0 Å². The van der Waals surface area contributed by atoms with Gasteiger partial charge in [0.2, 0.25) is 5.91 Å². The molecule has 0 aliphatic heterocycles. The fourth-order valence-corrected chi connectivity index (χ4v) is 2.83. The Kier molecular flexibility index (Phi) is 6.89. The lowest BCUT2D eigenvalue weighted by Gasteiger charge is -2.09. The number of anilines is 1. The van der Waals surface area contributed by atoms with E-state index in [0.29, 0.717) is 13.0 Å². The van der Waals surface area contributed by atoms with Gasteiger partial charge in [-0.05, 0) is 60.4 Å². The minimum absolute atomic E-state index is 0.0157. The molecule has 0 saturated carbocycles. The smallest absolute Gasteiger partial charge is 0.224 e. The van der Waals surface area contributed by atoms with Crippen molar-refractivity contribution in [3.05, 3.63) is 95.0 Å². The maximum atomic E-state index is 12.1. The van der Waals surface area contributed by atoms with Gasteiger partial charge in [0.05, 0.1) is 0 Å². The van der Waals surface area contributed by atoms with Gasteiger partial charge in [0.15, 0.2) is 0 Å². The van der Waals surface area contributed by atoms with Gasteiger partial charge < -0.3 is 10.1 Å². The average Bonchev–Trinajstić information content (AvgIpc) is 2.70. The summed E-state index contributed by atoms with van der Waals surface area (Å²) in [6, 6.07) is 25.2. The molecule has 3 aromatic rings. The molecular formula is C23H22ClNO2. The van der Waals surface area contributed by atoms with E-state index in [1.54, 1.807) is 0 Å². The summed E-state index contributed by atoms with van der Waals surface area (Å²) in [6.07, 6.45) is 2.14. The quantitative estimate of drug-likeness (QED) is 0.530. The van der Waals surface area contributed by atoms with Crippen LogP contribution in [0.4, 0.5) is 5.69 Å². The SMILES string of the molecule is O=C(CCCc1ccc(Cl)cc1)Nc1ccc(OCc2ccccc2)cc1. The molecule has 4 heteroatoms. The van der Waals surface area contributed by atoms with E-state index in [9.17, 15) is 4.79 Å². The monoisotopic (exact) mass is 379 g/mol. The Hall–Kier alpha value is -2.78. The van der Waals surface area contributed by atoms with Crippen LogP contribution in [-0.2, 0) is 17.8 Å². The first-order valence-electron chi connectivity index (χ1n) is 9.00. The van der Waals surface area contributed by atoms with E-state index in [0.717, 1.165) is 34.9 Å². The normalized spacial score (nSPS) is 10.4. The molecule has 0 fully saturated rings. The summed E-state index contributed by atoms with van der Waals surface area (Å²) in [7, 11) is 0. The van der Waals surface area contributed by atoms with Crippen molar-refractivity contribution in [2.24, 2.45) is 0 Å². The Balaban J connectivity index is 1.40. The number of hydrogen-bond acceptors (Lipinski definition) is 2. The van der Waals surface area contributed by atoms with Crippen LogP contribution in [0.2, 0.25) is 5.02 Å². The van der Waals surface area contributed by atoms with Crippen LogP contribution in [0.1, 0.15) is 24.0 Å². The van der Waals surface area contributed by atoms with Crippen molar-refractivity contribution < 1.29 is 9.53 Å². The Morgan fingerprint density at radius 1 is 0.852 bits per heavy atom. The Morgan fingerprint density at radius 2 is 1.56 bits per heavy atom. The summed E-state index contributed by atoms with van der Waals surface area (Å²) in [6.45, 7) is 0.525. The summed E-state index contributed by atoms with van der Waals surface area (Å²) in [5.74, 6) is 0.793. The molecule has 0 aliphatic rings. The molecule has 0 spiro atoms. The zero-order chi connectivity index (χ0) is 18.9. The van der Waals surface area contributed by atoms with Gasteiger partial charge in [-0.15, -0.1) is 0 Å². The molecule has 0 radical (unpaired) electrons. The highest BCUT2D eigenvalue weighted by Crippen LogP contribution is 2.18. The maximum absolute atomic E-state index is 12.1. The Bertz CT molecular complexity index is 846. The van der Waals surface area contributed by atoms with Crippen molar-refractivity contribution in [2.45, 2.75) is 25.9 Å². The molecule has 0 aliphatic carbocycles. The number of carbonyl (C=O) groups is 1. The number of ether oxygens (including phenoxy) is 1. The number of halogens is 1. The third-order valence-electron chi connectivity index (χ3n) is 4.17. The lowest BCUT2D eigenvalue weighted by atomic mass is 10.1. The standard InChI is InChI=1S/C23H22ClNO2/c24-20-11-9-18(10-12-20)7-4-8-23(26)25-21-13-15-22(16-14-21)27-17-19-5-2-1-3-6-19/h1-3,5-6,9-16H,4,7-8,17H2,(H,25,26). The lowest BCUT2D eigenvalue weighted by molar-refractivity contribution is -0.116. The van der Waals surface area contributed by atoms with Crippen LogP contribution in [0.5, 0.6) is 5.75 Å². The van der Waals surface area contributed by atoms with E-state index in [1.807, 2.05) is 78.9 Å². The minimum Gasteiger partial charge on any atom is -0.489 e. The number of carbonyl (C=O) groups excluding carboxylic acids is 1. The van der Waals surface area contributed by atoms with Gasteiger partial charge in [-0.2, -0.15) is 0 Å². The Labute approximate surface area is 164 Å². The first-order chi connectivity index (χ1) is 13.2. The molecule has 3 nitrogen and oxygen atoms in total. The summed E-state index contributed by atoms with van der Waals surface area (Å²) in [5.41, 5.74) is 3.08. The molecule has 1 N–H and O–H groups in total. The maximum Gasteiger partial charge on any atom is 0.224 e. The third kappa shape index (κ3) is 6.46. The molecule has 3 rings (SSSR count). The van der Waals surface area contributed by atoms with Crippen LogP contribution >= 0.6 is 11.6 Å². The zero-order valence-corrected chi connectivity index (χ0v) is 15.8. The lowest BCUT2D eigenvalue weighted by Crippen LogP contribution is -2.11. The summed E-state index contributed by atoms with van der Waals surface area (Å²) in [4.78, 5) is 12.1. The van der Waals surface area contributed by atoms with Gasteiger partial charge in [-0.25, -0.2) is 0 Å². The van der Waals surface area contributed by atoms with Gasteiger partial charge in [-0.3, -0.25) is 4.79 Å². The van der Waals surface area contributed by atoms with Crippen LogP contribution in [-0.4, -0.2) is 5.91 Å². The highest BCUT2D eigenvalue weighted by molar-refractivity contribution is 6.30. The second kappa shape index (κ2) is 9.79. The predicted molar refractivity (Wildman–Crippen MR) is 110 cm³/mol. The van der Waals surface area contributed by atoms with Crippen molar-refractivity contribution >= 4 is 23.2 Å². The second-order valence-electron chi connectivity index (χ2n) is 6.33. The van der Waals surface area contributed by atoms with Crippen LogP contribution in [0, 0.1) is 0 Å². The van der Waals surface area contributed by atoms with Crippen LogP contribution in [0.15, 0.2) is 78.9 Å². The van der Waals surface area contributed by atoms with Gasteiger partial charge in [0, 0.05) is 17.1 Å².